The molecule has 17 heavy (non-hydrogen) atoms. The molecule has 1 fully saturated rings. The van der Waals surface area contributed by atoms with Crippen LogP contribution in [0.2, 0.25) is 0 Å². The van der Waals surface area contributed by atoms with Crippen LogP contribution in [0, 0.1) is 0 Å². The third kappa shape index (κ3) is 1.95. The highest BCUT2D eigenvalue weighted by Gasteiger charge is 2.23. The zero-order valence-electron chi connectivity index (χ0n) is 9.39. The zero-order valence-corrected chi connectivity index (χ0v) is 9.39. The van der Waals surface area contributed by atoms with E-state index in [0.29, 0.717) is 12.0 Å². The molecule has 1 aliphatic carbocycles. The van der Waals surface area contributed by atoms with Gasteiger partial charge in [-0.1, -0.05) is 12.1 Å². The summed E-state index contributed by atoms with van der Waals surface area (Å²) in [7, 11) is 0. The normalized spacial score (nSPS) is 15.1. The molecule has 0 unspecified atom stereocenters. The molecule has 1 saturated carbocycles. The van der Waals surface area contributed by atoms with Crippen molar-refractivity contribution in [1.82, 2.24) is 14.9 Å². The molecule has 0 aliphatic heterocycles. The van der Waals surface area contributed by atoms with Crippen LogP contribution in [0.15, 0.2) is 24.3 Å². The summed E-state index contributed by atoms with van der Waals surface area (Å²) in [6.07, 6.45) is 2.18. The van der Waals surface area contributed by atoms with Gasteiger partial charge in [0.1, 0.15) is 6.54 Å². The summed E-state index contributed by atoms with van der Waals surface area (Å²) in [6, 6.07) is 8.00. The topological polar surface area (TPSA) is 72.9 Å². The van der Waals surface area contributed by atoms with Crippen molar-refractivity contribution in [2.24, 2.45) is 0 Å². The van der Waals surface area contributed by atoms with E-state index in [2.05, 4.69) is 10.3 Å². The number of fused-ring (bicyclic) bond motifs is 1. The van der Waals surface area contributed by atoms with Gasteiger partial charge in [-0.05, 0) is 25.0 Å². The minimum Gasteiger partial charge on any atom is -0.369 e. The van der Waals surface area contributed by atoms with Gasteiger partial charge in [-0.3, -0.25) is 4.79 Å². The average molecular weight is 230 g/mol. The largest absolute Gasteiger partial charge is 0.369 e. The van der Waals surface area contributed by atoms with Crippen LogP contribution < -0.4 is 11.1 Å². The van der Waals surface area contributed by atoms with Gasteiger partial charge in [0, 0.05) is 6.04 Å². The Labute approximate surface area is 98.6 Å². The third-order valence-corrected chi connectivity index (χ3v) is 2.93. The SMILES string of the molecule is Nc1nc2ccccc2n1CC(=O)NC1CC1. The Balaban J connectivity index is 1.87. The number of hydrogen-bond acceptors (Lipinski definition) is 3. The first kappa shape index (κ1) is 10.1. The standard InChI is InChI=1S/C12H14N4O/c13-12-15-9-3-1-2-4-10(9)16(12)7-11(17)14-8-5-6-8/h1-4,8H,5-7H2,(H2,13,15)(H,14,17). The molecule has 1 aromatic carbocycles. The van der Waals surface area contributed by atoms with Gasteiger partial charge in [0.2, 0.25) is 11.9 Å². The molecular formula is C12H14N4O. The van der Waals surface area contributed by atoms with E-state index >= 15 is 0 Å². The van der Waals surface area contributed by atoms with Crippen LogP contribution in [-0.4, -0.2) is 21.5 Å². The van der Waals surface area contributed by atoms with Gasteiger partial charge in [0.15, 0.2) is 0 Å². The number of amides is 1. The Hall–Kier alpha value is -2.04. The summed E-state index contributed by atoms with van der Waals surface area (Å²) in [4.78, 5) is 16.0. The molecule has 2 aromatic rings. The minimum absolute atomic E-state index is 0.00218. The highest BCUT2D eigenvalue weighted by Crippen LogP contribution is 2.20. The Kier molecular flexibility index (Phi) is 2.24. The molecule has 1 aromatic heterocycles. The molecule has 3 rings (SSSR count). The summed E-state index contributed by atoms with van der Waals surface area (Å²) in [6.45, 7) is 0.239. The van der Waals surface area contributed by atoms with Crippen LogP contribution in [0.3, 0.4) is 0 Å². The summed E-state index contributed by atoms with van der Waals surface area (Å²) in [5.41, 5.74) is 7.54. The number of anilines is 1. The molecule has 3 N–H and O–H groups in total. The van der Waals surface area contributed by atoms with E-state index in [0.717, 1.165) is 23.9 Å². The molecule has 1 amide bonds. The fourth-order valence-corrected chi connectivity index (χ4v) is 1.90. The lowest BCUT2D eigenvalue weighted by Crippen LogP contribution is -2.29. The molecular weight excluding hydrogens is 216 g/mol. The van der Waals surface area contributed by atoms with Crippen LogP contribution >= 0.6 is 0 Å². The number of carbonyl (C=O) groups is 1. The molecule has 1 aliphatic rings. The maximum Gasteiger partial charge on any atom is 0.240 e. The van der Waals surface area contributed by atoms with E-state index in [9.17, 15) is 4.79 Å². The number of nitrogens with one attached hydrogen (secondary N) is 1. The number of benzene rings is 1. The summed E-state index contributed by atoms with van der Waals surface area (Å²) >= 11 is 0. The van der Waals surface area contributed by atoms with Crippen molar-refractivity contribution < 1.29 is 4.79 Å². The Morgan fingerprint density at radius 3 is 3.00 bits per heavy atom. The molecule has 0 spiro atoms. The maximum absolute atomic E-state index is 11.7. The van der Waals surface area contributed by atoms with E-state index in [1.165, 1.54) is 0 Å². The lowest BCUT2D eigenvalue weighted by molar-refractivity contribution is -0.121. The third-order valence-electron chi connectivity index (χ3n) is 2.93. The van der Waals surface area contributed by atoms with Crippen LogP contribution in [0.4, 0.5) is 5.95 Å². The fraction of sp³-hybridized carbons (Fsp3) is 0.333. The van der Waals surface area contributed by atoms with E-state index in [-0.39, 0.29) is 12.5 Å². The Morgan fingerprint density at radius 1 is 1.47 bits per heavy atom. The smallest absolute Gasteiger partial charge is 0.240 e. The van der Waals surface area contributed by atoms with Gasteiger partial charge < -0.3 is 15.6 Å². The van der Waals surface area contributed by atoms with Crippen LogP contribution in [0.25, 0.3) is 11.0 Å². The maximum atomic E-state index is 11.7. The van der Waals surface area contributed by atoms with Gasteiger partial charge >= 0.3 is 0 Å². The molecule has 0 bridgehead atoms. The second-order valence-electron chi connectivity index (χ2n) is 4.39. The first-order chi connectivity index (χ1) is 8.24. The van der Waals surface area contributed by atoms with Gasteiger partial charge in [-0.15, -0.1) is 0 Å². The van der Waals surface area contributed by atoms with Crippen molar-refractivity contribution in [3.8, 4) is 0 Å². The quantitative estimate of drug-likeness (QED) is 0.822. The van der Waals surface area contributed by atoms with Gasteiger partial charge in [-0.2, -0.15) is 0 Å². The molecule has 0 radical (unpaired) electrons. The second-order valence-corrected chi connectivity index (χ2v) is 4.39. The highest BCUT2D eigenvalue weighted by molar-refractivity contribution is 5.83. The van der Waals surface area contributed by atoms with Crippen molar-refractivity contribution in [3.63, 3.8) is 0 Å². The predicted octanol–water partition coefficient (Wildman–Crippen LogP) is 0.897. The Bertz CT molecular complexity index is 571. The number of nitrogens with zero attached hydrogens (tertiary/aromatic N) is 2. The molecule has 5 nitrogen and oxygen atoms in total. The van der Waals surface area contributed by atoms with E-state index in [4.69, 9.17) is 5.73 Å². The first-order valence-corrected chi connectivity index (χ1v) is 5.74. The van der Waals surface area contributed by atoms with Crippen molar-refractivity contribution in [1.29, 1.82) is 0 Å². The molecule has 0 saturated heterocycles. The molecule has 0 atom stereocenters. The summed E-state index contributed by atoms with van der Waals surface area (Å²) < 4.78 is 1.74. The number of hydrogen-bond donors (Lipinski definition) is 2. The van der Waals surface area contributed by atoms with Crippen molar-refractivity contribution >= 4 is 22.9 Å². The molecule has 1 heterocycles. The van der Waals surface area contributed by atoms with Crippen LogP contribution in [0.1, 0.15) is 12.8 Å². The van der Waals surface area contributed by atoms with Crippen molar-refractivity contribution in [2.45, 2.75) is 25.4 Å². The minimum atomic E-state index is 0.00218. The first-order valence-electron chi connectivity index (χ1n) is 5.74. The van der Waals surface area contributed by atoms with Crippen LogP contribution in [0.5, 0.6) is 0 Å². The van der Waals surface area contributed by atoms with E-state index in [1.807, 2.05) is 24.3 Å². The number of rotatable bonds is 3. The van der Waals surface area contributed by atoms with E-state index in [1.54, 1.807) is 4.57 Å². The number of carbonyl (C=O) groups excluding carboxylic acids is 1. The predicted molar refractivity (Wildman–Crippen MR) is 65.3 cm³/mol. The monoisotopic (exact) mass is 230 g/mol. The van der Waals surface area contributed by atoms with Gasteiger partial charge in [0.25, 0.3) is 0 Å². The van der Waals surface area contributed by atoms with Crippen molar-refractivity contribution in [2.75, 3.05) is 5.73 Å². The number of imidazole rings is 1. The van der Waals surface area contributed by atoms with Crippen LogP contribution in [-0.2, 0) is 11.3 Å². The lowest BCUT2D eigenvalue weighted by atomic mass is 10.3. The summed E-state index contributed by atoms with van der Waals surface area (Å²) in [5.74, 6) is 0.388. The number of para-hydroxylation sites is 2. The number of aromatic nitrogens is 2. The van der Waals surface area contributed by atoms with E-state index < -0.39 is 0 Å². The second kappa shape index (κ2) is 3.76. The number of nitrogens with two attached hydrogens (primary N) is 1. The molecule has 88 valence electrons. The number of nitrogen functional groups attached to an aromatic ring is 1. The fourth-order valence-electron chi connectivity index (χ4n) is 1.90. The Morgan fingerprint density at radius 2 is 2.24 bits per heavy atom. The zero-order chi connectivity index (χ0) is 11.8. The average Bonchev–Trinajstić information content (AvgIpc) is 3.05. The van der Waals surface area contributed by atoms with Gasteiger partial charge in [0.05, 0.1) is 11.0 Å². The summed E-state index contributed by atoms with van der Waals surface area (Å²) in [5, 5.41) is 2.94. The highest BCUT2D eigenvalue weighted by atomic mass is 16.2. The molecule has 5 heteroatoms. The van der Waals surface area contributed by atoms with Crippen molar-refractivity contribution in [3.05, 3.63) is 24.3 Å². The lowest BCUT2D eigenvalue weighted by Gasteiger charge is -2.06. The van der Waals surface area contributed by atoms with Gasteiger partial charge in [-0.25, -0.2) is 4.98 Å².